The number of aromatic nitrogens is 2. The largest absolute Gasteiger partial charge is 0.480 e. The molecule has 0 radical (unpaired) electrons. The molecule has 0 aromatic carbocycles. The molecule has 0 spiro atoms. The summed E-state index contributed by atoms with van der Waals surface area (Å²) in [6, 6.07) is 0.116. The SMILES string of the molecule is Cc1nccn1CC(C)(NC(C)C)C(=O)O. The number of carboxylic acids is 1. The van der Waals surface area contributed by atoms with E-state index in [-0.39, 0.29) is 6.04 Å². The van der Waals surface area contributed by atoms with Crippen LogP contribution in [0.25, 0.3) is 0 Å². The number of imidazole rings is 1. The van der Waals surface area contributed by atoms with Crippen molar-refractivity contribution in [3.63, 3.8) is 0 Å². The lowest BCUT2D eigenvalue weighted by atomic mass is 10.0. The number of nitrogens with one attached hydrogen (secondary N) is 1. The fraction of sp³-hybridized carbons (Fsp3) is 0.636. The molecule has 16 heavy (non-hydrogen) atoms. The summed E-state index contributed by atoms with van der Waals surface area (Å²) >= 11 is 0. The highest BCUT2D eigenvalue weighted by Gasteiger charge is 2.34. The Labute approximate surface area is 95.5 Å². The number of nitrogens with zero attached hydrogens (tertiary/aromatic N) is 2. The van der Waals surface area contributed by atoms with Crippen LogP contribution in [-0.4, -0.2) is 32.2 Å². The quantitative estimate of drug-likeness (QED) is 0.785. The molecular formula is C11H19N3O2. The van der Waals surface area contributed by atoms with Crippen LogP contribution in [0, 0.1) is 6.92 Å². The minimum atomic E-state index is -0.973. The summed E-state index contributed by atoms with van der Waals surface area (Å²) in [5.74, 6) is -0.0349. The first-order valence-electron chi connectivity index (χ1n) is 5.34. The highest BCUT2D eigenvalue weighted by atomic mass is 16.4. The molecule has 1 aromatic rings. The van der Waals surface area contributed by atoms with E-state index in [1.807, 2.05) is 25.3 Å². The van der Waals surface area contributed by atoms with E-state index in [1.165, 1.54) is 0 Å². The first-order valence-corrected chi connectivity index (χ1v) is 5.34. The molecule has 1 heterocycles. The lowest BCUT2D eigenvalue weighted by molar-refractivity contribution is -0.145. The number of hydrogen-bond acceptors (Lipinski definition) is 3. The Morgan fingerprint density at radius 1 is 1.69 bits per heavy atom. The predicted octanol–water partition coefficient (Wildman–Crippen LogP) is 1.03. The molecule has 1 atom stereocenters. The van der Waals surface area contributed by atoms with Crippen LogP contribution >= 0.6 is 0 Å². The van der Waals surface area contributed by atoms with Gasteiger partial charge in [-0.05, 0) is 27.7 Å². The van der Waals surface area contributed by atoms with E-state index in [0.29, 0.717) is 6.54 Å². The van der Waals surface area contributed by atoms with Gasteiger partial charge in [-0.2, -0.15) is 0 Å². The van der Waals surface area contributed by atoms with Crippen molar-refractivity contribution in [3.05, 3.63) is 18.2 Å². The first-order chi connectivity index (χ1) is 7.35. The fourth-order valence-electron chi connectivity index (χ4n) is 1.72. The Morgan fingerprint density at radius 2 is 2.31 bits per heavy atom. The van der Waals surface area contributed by atoms with Crippen LogP contribution in [0.15, 0.2) is 12.4 Å². The maximum atomic E-state index is 11.3. The van der Waals surface area contributed by atoms with Crippen LogP contribution < -0.4 is 5.32 Å². The lowest BCUT2D eigenvalue weighted by Gasteiger charge is -2.29. The summed E-state index contributed by atoms with van der Waals surface area (Å²) in [5, 5.41) is 12.3. The van der Waals surface area contributed by atoms with Gasteiger partial charge in [-0.25, -0.2) is 4.98 Å². The van der Waals surface area contributed by atoms with E-state index in [0.717, 1.165) is 5.82 Å². The monoisotopic (exact) mass is 225 g/mol. The predicted molar refractivity (Wildman–Crippen MR) is 61.3 cm³/mol. The van der Waals surface area contributed by atoms with Crippen molar-refractivity contribution in [2.45, 2.75) is 45.8 Å². The van der Waals surface area contributed by atoms with E-state index in [4.69, 9.17) is 0 Å². The van der Waals surface area contributed by atoms with Crippen molar-refractivity contribution >= 4 is 5.97 Å². The van der Waals surface area contributed by atoms with Crippen molar-refractivity contribution in [2.24, 2.45) is 0 Å². The summed E-state index contributed by atoms with van der Waals surface area (Å²) in [6.45, 7) is 7.78. The third-order valence-corrected chi connectivity index (χ3v) is 2.49. The lowest BCUT2D eigenvalue weighted by Crippen LogP contribution is -2.55. The van der Waals surface area contributed by atoms with Crippen LogP contribution in [0.1, 0.15) is 26.6 Å². The Kier molecular flexibility index (Phi) is 3.70. The van der Waals surface area contributed by atoms with Gasteiger partial charge < -0.3 is 9.67 Å². The van der Waals surface area contributed by atoms with E-state index >= 15 is 0 Å². The van der Waals surface area contributed by atoms with Gasteiger partial charge in [0.2, 0.25) is 0 Å². The van der Waals surface area contributed by atoms with Crippen molar-refractivity contribution < 1.29 is 9.90 Å². The molecule has 1 unspecified atom stereocenters. The summed E-state index contributed by atoms with van der Waals surface area (Å²) < 4.78 is 1.84. The number of rotatable bonds is 5. The van der Waals surface area contributed by atoms with Gasteiger partial charge in [0.25, 0.3) is 0 Å². The molecule has 0 aliphatic heterocycles. The van der Waals surface area contributed by atoms with Crippen LogP contribution in [-0.2, 0) is 11.3 Å². The van der Waals surface area contributed by atoms with Crippen molar-refractivity contribution in [2.75, 3.05) is 0 Å². The Balaban J connectivity index is 2.87. The van der Waals surface area contributed by atoms with Crippen LogP contribution in [0.3, 0.4) is 0 Å². The number of aliphatic carboxylic acids is 1. The molecule has 0 aliphatic carbocycles. The van der Waals surface area contributed by atoms with E-state index < -0.39 is 11.5 Å². The second-order valence-electron chi connectivity index (χ2n) is 4.54. The molecule has 0 amide bonds. The van der Waals surface area contributed by atoms with Gasteiger partial charge in [0.1, 0.15) is 11.4 Å². The molecule has 0 bridgehead atoms. The topological polar surface area (TPSA) is 67.2 Å². The average Bonchev–Trinajstić information content (AvgIpc) is 2.50. The second-order valence-corrected chi connectivity index (χ2v) is 4.54. The summed E-state index contributed by atoms with van der Waals surface area (Å²) in [6.07, 6.45) is 3.46. The van der Waals surface area contributed by atoms with E-state index in [9.17, 15) is 9.90 Å². The maximum absolute atomic E-state index is 11.3. The van der Waals surface area contributed by atoms with Gasteiger partial charge in [0.05, 0.1) is 6.54 Å². The molecule has 90 valence electrons. The van der Waals surface area contributed by atoms with Crippen molar-refractivity contribution in [1.82, 2.24) is 14.9 Å². The molecule has 5 heteroatoms. The Bertz CT molecular complexity index is 373. The summed E-state index contributed by atoms with van der Waals surface area (Å²) in [4.78, 5) is 15.4. The minimum Gasteiger partial charge on any atom is -0.480 e. The third kappa shape index (κ3) is 2.82. The minimum absolute atomic E-state index is 0.116. The van der Waals surface area contributed by atoms with Gasteiger partial charge in [-0.1, -0.05) is 0 Å². The van der Waals surface area contributed by atoms with Crippen molar-refractivity contribution in [1.29, 1.82) is 0 Å². The number of aryl methyl sites for hydroxylation is 1. The molecular weight excluding hydrogens is 206 g/mol. The highest BCUT2D eigenvalue weighted by Crippen LogP contribution is 2.11. The molecule has 1 rings (SSSR count). The van der Waals surface area contributed by atoms with E-state index in [2.05, 4.69) is 10.3 Å². The third-order valence-electron chi connectivity index (χ3n) is 2.49. The number of carboxylic acid groups (broad SMARTS) is 1. The number of carbonyl (C=O) groups is 1. The maximum Gasteiger partial charge on any atom is 0.325 e. The fourth-order valence-corrected chi connectivity index (χ4v) is 1.72. The molecule has 5 nitrogen and oxygen atoms in total. The smallest absolute Gasteiger partial charge is 0.325 e. The first kappa shape index (κ1) is 12.7. The van der Waals surface area contributed by atoms with E-state index in [1.54, 1.807) is 19.3 Å². The van der Waals surface area contributed by atoms with Crippen LogP contribution in [0.4, 0.5) is 0 Å². The molecule has 2 N–H and O–H groups in total. The normalized spacial score (nSPS) is 15.1. The Morgan fingerprint density at radius 3 is 2.69 bits per heavy atom. The Hall–Kier alpha value is -1.36. The van der Waals surface area contributed by atoms with Gasteiger partial charge in [-0.3, -0.25) is 10.1 Å². The zero-order chi connectivity index (χ0) is 12.3. The van der Waals surface area contributed by atoms with Gasteiger partial charge in [-0.15, -0.1) is 0 Å². The second kappa shape index (κ2) is 4.65. The molecule has 0 aliphatic rings. The molecule has 0 saturated heterocycles. The van der Waals surface area contributed by atoms with Crippen LogP contribution in [0.5, 0.6) is 0 Å². The highest BCUT2D eigenvalue weighted by molar-refractivity contribution is 5.78. The summed E-state index contributed by atoms with van der Waals surface area (Å²) in [5.41, 5.74) is -0.973. The average molecular weight is 225 g/mol. The zero-order valence-corrected chi connectivity index (χ0v) is 10.2. The number of hydrogen-bond donors (Lipinski definition) is 2. The molecule has 1 aromatic heterocycles. The zero-order valence-electron chi connectivity index (χ0n) is 10.2. The van der Waals surface area contributed by atoms with Gasteiger partial charge >= 0.3 is 5.97 Å². The van der Waals surface area contributed by atoms with Gasteiger partial charge in [0, 0.05) is 18.4 Å². The van der Waals surface area contributed by atoms with Crippen molar-refractivity contribution in [3.8, 4) is 0 Å². The summed E-state index contributed by atoms with van der Waals surface area (Å²) in [7, 11) is 0. The standard InChI is InChI=1S/C11H19N3O2/c1-8(2)13-11(4,10(15)16)7-14-6-5-12-9(14)3/h5-6,8,13H,7H2,1-4H3,(H,15,16). The molecule has 0 saturated carbocycles. The van der Waals surface area contributed by atoms with Gasteiger partial charge in [0.15, 0.2) is 0 Å². The molecule has 0 fully saturated rings. The van der Waals surface area contributed by atoms with Crippen LogP contribution in [0.2, 0.25) is 0 Å².